The fourth-order valence-corrected chi connectivity index (χ4v) is 4.88. The third-order valence-corrected chi connectivity index (χ3v) is 6.89. The van der Waals surface area contributed by atoms with E-state index in [4.69, 9.17) is 4.74 Å². The molecule has 0 saturated carbocycles. The molecule has 34 heavy (non-hydrogen) atoms. The van der Waals surface area contributed by atoms with Gasteiger partial charge in [-0.05, 0) is 57.6 Å². The summed E-state index contributed by atoms with van der Waals surface area (Å²) in [6.45, 7) is 7.62. The third-order valence-electron chi connectivity index (χ3n) is 5.59. The van der Waals surface area contributed by atoms with E-state index < -0.39 is 23.8 Å². The second kappa shape index (κ2) is 12.1. The van der Waals surface area contributed by atoms with Gasteiger partial charge >= 0.3 is 6.09 Å². The molecule has 1 heterocycles. The Bertz CT molecular complexity index is 1010. The molecule has 1 amide bonds. The van der Waals surface area contributed by atoms with Gasteiger partial charge in [0.25, 0.3) is 0 Å². The lowest BCUT2D eigenvalue weighted by Crippen LogP contribution is -2.47. The summed E-state index contributed by atoms with van der Waals surface area (Å²) in [4.78, 5) is 18.5. The topological polar surface area (TPSA) is 71.5 Å². The summed E-state index contributed by atoms with van der Waals surface area (Å²) in [5.74, 6) is 0.0430. The van der Waals surface area contributed by atoms with Crippen molar-refractivity contribution in [2.75, 3.05) is 0 Å². The van der Waals surface area contributed by atoms with Gasteiger partial charge in [-0.3, -0.25) is 0 Å². The van der Waals surface area contributed by atoms with E-state index in [0.29, 0.717) is 12.8 Å². The lowest BCUT2D eigenvalue weighted by molar-refractivity contribution is 0.0405. The first-order valence-electron chi connectivity index (χ1n) is 11.9. The number of hydrogen-bond acceptors (Lipinski definition) is 5. The van der Waals surface area contributed by atoms with Crippen molar-refractivity contribution in [3.05, 3.63) is 87.9 Å². The van der Waals surface area contributed by atoms with Crippen molar-refractivity contribution in [1.29, 1.82) is 0 Å². The molecule has 0 saturated heterocycles. The fraction of sp³-hybridized carbons (Fsp3) is 0.429. The van der Waals surface area contributed by atoms with E-state index in [9.17, 15) is 9.90 Å². The molecule has 0 bridgehead atoms. The zero-order valence-corrected chi connectivity index (χ0v) is 21.3. The Morgan fingerprint density at radius 3 is 2.15 bits per heavy atom. The van der Waals surface area contributed by atoms with Crippen molar-refractivity contribution in [3.8, 4) is 0 Å². The maximum absolute atomic E-state index is 12.6. The zero-order valence-electron chi connectivity index (χ0n) is 20.5. The zero-order chi connectivity index (χ0) is 24.6. The van der Waals surface area contributed by atoms with Crippen LogP contribution in [-0.2, 0) is 24.0 Å². The molecule has 1 aromatic heterocycles. The Kier molecular flexibility index (Phi) is 9.25. The summed E-state index contributed by atoms with van der Waals surface area (Å²) in [6.07, 6.45) is 3.36. The molecule has 2 N–H and O–H groups in total. The van der Waals surface area contributed by atoms with Crippen LogP contribution in [0.2, 0.25) is 0 Å². The molecular weight excluding hydrogens is 444 g/mol. The van der Waals surface area contributed by atoms with Gasteiger partial charge in [-0.25, -0.2) is 9.78 Å². The van der Waals surface area contributed by atoms with E-state index in [1.807, 2.05) is 75.5 Å². The number of thiazole rings is 1. The molecule has 3 rings (SSSR count). The van der Waals surface area contributed by atoms with Gasteiger partial charge < -0.3 is 15.2 Å². The maximum atomic E-state index is 12.6. The minimum Gasteiger partial charge on any atom is -0.444 e. The predicted molar refractivity (Wildman–Crippen MR) is 138 cm³/mol. The van der Waals surface area contributed by atoms with Crippen LogP contribution in [0.15, 0.2) is 66.9 Å². The molecule has 0 aliphatic carbocycles. The highest BCUT2D eigenvalue weighted by Crippen LogP contribution is 2.31. The summed E-state index contributed by atoms with van der Waals surface area (Å²) >= 11 is 1.71. The molecule has 1 unspecified atom stereocenters. The van der Waals surface area contributed by atoms with Crippen LogP contribution in [0.25, 0.3) is 0 Å². The quantitative estimate of drug-likeness (QED) is 0.378. The number of carbonyl (C=O) groups is 1. The van der Waals surface area contributed by atoms with Gasteiger partial charge in [-0.1, -0.05) is 67.6 Å². The Morgan fingerprint density at radius 2 is 1.62 bits per heavy atom. The highest BCUT2D eigenvalue weighted by Gasteiger charge is 2.29. The van der Waals surface area contributed by atoms with Crippen molar-refractivity contribution in [2.24, 2.45) is 0 Å². The van der Waals surface area contributed by atoms with Crippen LogP contribution in [0, 0.1) is 0 Å². The normalized spacial score (nSPS) is 14.3. The lowest BCUT2D eigenvalue weighted by Gasteiger charge is -2.29. The number of aryl methyl sites for hydroxylation is 1. The maximum Gasteiger partial charge on any atom is 0.407 e. The van der Waals surface area contributed by atoms with Crippen molar-refractivity contribution >= 4 is 17.4 Å². The molecule has 5 nitrogen and oxygen atoms in total. The number of carbonyl (C=O) groups excluding carboxylic acids is 1. The number of aliphatic hydroxyl groups excluding tert-OH is 1. The number of hydrogen-bond donors (Lipinski definition) is 2. The molecule has 6 heteroatoms. The standard InChI is InChI=1S/C28H36N2O3S/c1-5-23-19-29-26(34-23)22(16-20-12-8-6-9-13-20)18-25(31)24(17-21-14-10-7-11-15-21)30-27(32)33-28(2,3)4/h6-15,19,22,24-25,31H,5,16-18H2,1-4H3,(H,30,32)/t22?,24-,25-/m0/s1. The molecule has 0 aliphatic heterocycles. The summed E-state index contributed by atoms with van der Waals surface area (Å²) in [5, 5.41) is 15.4. The van der Waals surface area contributed by atoms with Crippen molar-refractivity contribution in [1.82, 2.24) is 10.3 Å². The number of aliphatic hydroxyl groups is 1. The Labute approximate surface area is 207 Å². The Balaban J connectivity index is 1.81. The van der Waals surface area contributed by atoms with E-state index in [-0.39, 0.29) is 5.92 Å². The van der Waals surface area contributed by atoms with E-state index in [1.54, 1.807) is 11.3 Å². The lowest BCUT2D eigenvalue weighted by atomic mass is 9.89. The van der Waals surface area contributed by atoms with Crippen LogP contribution >= 0.6 is 11.3 Å². The van der Waals surface area contributed by atoms with E-state index in [1.165, 1.54) is 10.4 Å². The number of alkyl carbamates (subject to hydrolysis) is 1. The number of nitrogens with zero attached hydrogens (tertiary/aromatic N) is 1. The monoisotopic (exact) mass is 480 g/mol. The third kappa shape index (κ3) is 8.26. The molecule has 2 aromatic carbocycles. The molecular formula is C28H36N2O3S. The number of ether oxygens (including phenoxy) is 1. The van der Waals surface area contributed by atoms with Gasteiger partial charge in [0.2, 0.25) is 0 Å². The molecule has 3 aromatic rings. The predicted octanol–water partition coefficient (Wildman–Crippen LogP) is 5.92. The van der Waals surface area contributed by atoms with Crippen LogP contribution in [-0.4, -0.2) is 33.9 Å². The van der Waals surface area contributed by atoms with E-state index >= 15 is 0 Å². The summed E-state index contributed by atoms with van der Waals surface area (Å²) in [7, 11) is 0. The number of benzene rings is 2. The van der Waals surface area contributed by atoms with Gasteiger partial charge in [0.15, 0.2) is 0 Å². The van der Waals surface area contributed by atoms with Crippen molar-refractivity contribution in [2.45, 2.75) is 77.0 Å². The van der Waals surface area contributed by atoms with Crippen LogP contribution in [0.3, 0.4) is 0 Å². The summed E-state index contributed by atoms with van der Waals surface area (Å²) in [6, 6.07) is 19.7. The number of aromatic nitrogens is 1. The number of amides is 1. The highest BCUT2D eigenvalue weighted by molar-refractivity contribution is 7.11. The molecule has 3 atom stereocenters. The second-order valence-electron chi connectivity index (χ2n) is 9.65. The summed E-state index contributed by atoms with van der Waals surface area (Å²) in [5.41, 5.74) is 1.64. The van der Waals surface area contributed by atoms with Crippen LogP contribution in [0.4, 0.5) is 4.79 Å². The molecule has 0 spiro atoms. The van der Waals surface area contributed by atoms with Crippen LogP contribution < -0.4 is 5.32 Å². The molecule has 182 valence electrons. The number of nitrogens with one attached hydrogen (secondary N) is 1. The minimum atomic E-state index is -0.768. The average molecular weight is 481 g/mol. The number of rotatable bonds is 10. The first kappa shape index (κ1) is 25.9. The highest BCUT2D eigenvalue weighted by atomic mass is 32.1. The average Bonchev–Trinajstić information content (AvgIpc) is 3.28. The first-order chi connectivity index (χ1) is 16.2. The summed E-state index contributed by atoms with van der Waals surface area (Å²) < 4.78 is 5.49. The van der Waals surface area contributed by atoms with Crippen LogP contribution in [0.1, 0.15) is 61.0 Å². The van der Waals surface area contributed by atoms with E-state index in [2.05, 4.69) is 29.4 Å². The van der Waals surface area contributed by atoms with Gasteiger partial charge in [0.05, 0.1) is 17.2 Å². The SMILES string of the molecule is CCc1cnc(C(Cc2ccccc2)C[C@H](O)[C@H](Cc2ccccc2)NC(=O)OC(C)(C)C)s1. The minimum absolute atomic E-state index is 0.0430. The first-order valence-corrected chi connectivity index (χ1v) is 12.7. The Hall–Kier alpha value is -2.70. The van der Waals surface area contributed by atoms with Gasteiger partial charge in [-0.15, -0.1) is 11.3 Å². The smallest absolute Gasteiger partial charge is 0.407 e. The Morgan fingerprint density at radius 1 is 1.03 bits per heavy atom. The van der Waals surface area contributed by atoms with Gasteiger partial charge in [0.1, 0.15) is 5.60 Å². The molecule has 0 aliphatic rings. The van der Waals surface area contributed by atoms with Crippen molar-refractivity contribution < 1.29 is 14.6 Å². The van der Waals surface area contributed by atoms with Gasteiger partial charge in [0, 0.05) is 17.0 Å². The van der Waals surface area contributed by atoms with E-state index in [0.717, 1.165) is 23.4 Å². The molecule has 0 radical (unpaired) electrons. The fourth-order valence-electron chi connectivity index (χ4n) is 3.91. The molecule has 0 fully saturated rings. The second-order valence-corrected chi connectivity index (χ2v) is 10.8. The largest absolute Gasteiger partial charge is 0.444 e. The van der Waals surface area contributed by atoms with Crippen molar-refractivity contribution in [3.63, 3.8) is 0 Å². The van der Waals surface area contributed by atoms with Crippen LogP contribution in [0.5, 0.6) is 0 Å². The van der Waals surface area contributed by atoms with Gasteiger partial charge in [-0.2, -0.15) is 0 Å².